The Hall–Kier alpha value is -0.610. The van der Waals surface area contributed by atoms with Gasteiger partial charge in [-0.15, -0.1) is 0 Å². The van der Waals surface area contributed by atoms with E-state index in [1.807, 2.05) is 0 Å². The first kappa shape index (κ1) is 13.4. The zero-order valence-electron chi connectivity index (χ0n) is 9.54. The quantitative estimate of drug-likeness (QED) is 0.659. The number of carbonyl (C=O) groups excluding carboxylic acids is 1. The van der Waals surface area contributed by atoms with Crippen molar-refractivity contribution in [1.82, 2.24) is 5.32 Å². The van der Waals surface area contributed by atoms with Crippen molar-refractivity contribution in [3.8, 4) is 0 Å². The van der Waals surface area contributed by atoms with Gasteiger partial charge in [0, 0.05) is 19.7 Å². The molecule has 0 rings (SSSR count). The van der Waals surface area contributed by atoms with Gasteiger partial charge >= 0.3 is 0 Å². The van der Waals surface area contributed by atoms with Crippen molar-refractivity contribution in [3.63, 3.8) is 0 Å². The molecule has 0 aromatic heterocycles. The average molecular weight is 202 g/mol. The monoisotopic (exact) mass is 202 g/mol. The van der Waals surface area contributed by atoms with Crippen molar-refractivity contribution < 1.29 is 9.53 Å². The van der Waals surface area contributed by atoms with Gasteiger partial charge in [-0.1, -0.05) is 13.8 Å². The van der Waals surface area contributed by atoms with E-state index >= 15 is 0 Å². The Balaban J connectivity index is 3.98. The first-order chi connectivity index (χ1) is 6.51. The van der Waals surface area contributed by atoms with Gasteiger partial charge in [-0.3, -0.25) is 4.79 Å². The highest BCUT2D eigenvalue weighted by molar-refractivity contribution is 5.80. The fourth-order valence-electron chi connectivity index (χ4n) is 1.21. The second kappa shape index (κ2) is 6.79. The lowest BCUT2D eigenvalue weighted by Crippen LogP contribution is -2.45. The molecule has 0 spiro atoms. The van der Waals surface area contributed by atoms with Crippen LogP contribution in [0.2, 0.25) is 0 Å². The van der Waals surface area contributed by atoms with Crippen molar-refractivity contribution in [2.75, 3.05) is 13.7 Å². The number of amides is 1. The number of nitrogens with two attached hydrogens (primary N) is 1. The van der Waals surface area contributed by atoms with Gasteiger partial charge in [0.05, 0.1) is 0 Å². The summed E-state index contributed by atoms with van der Waals surface area (Å²) in [6.45, 7) is 6.40. The molecule has 0 aliphatic rings. The van der Waals surface area contributed by atoms with Crippen molar-refractivity contribution in [2.45, 2.75) is 39.3 Å². The van der Waals surface area contributed by atoms with Gasteiger partial charge in [0.25, 0.3) is 0 Å². The molecule has 0 aromatic carbocycles. The number of methoxy groups -OCH3 is 1. The van der Waals surface area contributed by atoms with Gasteiger partial charge in [-0.05, 0) is 19.3 Å². The molecular formula is C10H22N2O2. The Labute approximate surface area is 86.2 Å². The van der Waals surface area contributed by atoms with Crippen LogP contribution in [0, 0.1) is 5.92 Å². The molecule has 14 heavy (non-hydrogen) atoms. The molecule has 1 amide bonds. The Morgan fingerprint density at radius 2 is 2.00 bits per heavy atom. The third-order valence-electron chi connectivity index (χ3n) is 2.11. The Morgan fingerprint density at radius 1 is 1.43 bits per heavy atom. The van der Waals surface area contributed by atoms with E-state index < -0.39 is 6.10 Å². The lowest BCUT2D eigenvalue weighted by atomic mass is 10.0. The molecule has 4 heteroatoms. The highest BCUT2D eigenvalue weighted by Crippen LogP contribution is 2.04. The molecule has 0 saturated carbocycles. The maximum Gasteiger partial charge on any atom is 0.249 e. The van der Waals surface area contributed by atoms with Crippen LogP contribution in [-0.4, -0.2) is 31.7 Å². The highest BCUT2D eigenvalue weighted by atomic mass is 16.5. The number of carbonyl (C=O) groups is 1. The van der Waals surface area contributed by atoms with E-state index in [-0.39, 0.29) is 11.9 Å². The third-order valence-corrected chi connectivity index (χ3v) is 2.11. The zero-order valence-corrected chi connectivity index (χ0v) is 9.54. The van der Waals surface area contributed by atoms with E-state index in [2.05, 4.69) is 19.2 Å². The standard InChI is InChI=1S/C10H22N2O2/c1-7(2)5-9(6-11)12-10(13)8(3)14-4/h7-9H,5-6,11H2,1-4H3,(H,12,13). The molecule has 2 atom stereocenters. The summed E-state index contributed by atoms with van der Waals surface area (Å²) in [4.78, 5) is 11.4. The molecule has 0 aromatic rings. The van der Waals surface area contributed by atoms with Crippen molar-refractivity contribution >= 4 is 5.91 Å². The molecule has 0 radical (unpaired) electrons. The van der Waals surface area contributed by atoms with Crippen molar-refractivity contribution in [3.05, 3.63) is 0 Å². The Bertz CT molecular complexity index is 172. The summed E-state index contributed by atoms with van der Waals surface area (Å²) in [5.41, 5.74) is 5.56. The van der Waals surface area contributed by atoms with Crippen LogP contribution < -0.4 is 11.1 Å². The molecule has 0 aliphatic carbocycles. The normalized spacial score (nSPS) is 15.3. The number of hydrogen-bond acceptors (Lipinski definition) is 3. The van der Waals surface area contributed by atoms with Crippen LogP contribution in [0.5, 0.6) is 0 Å². The largest absolute Gasteiger partial charge is 0.372 e. The molecule has 0 heterocycles. The van der Waals surface area contributed by atoms with Gasteiger partial charge in [0.15, 0.2) is 0 Å². The summed E-state index contributed by atoms with van der Waals surface area (Å²) < 4.78 is 4.91. The maximum atomic E-state index is 11.4. The summed E-state index contributed by atoms with van der Waals surface area (Å²) in [6, 6.07) is 0.0556. The molecule has 0 aliphatic heterocycles. The molecule has 0 bridgehead atoms. The van der Waals surface area contributed by atoms with Crippen LogP contribution in [0.25, 0.3) is 0 Å². The predicted octanol–water partition coefficient (Wildman–Crippen LogP) is 0.511. The fraction of sp³-hybridized carbons (Fsp3) is 0.900. The second-order valence-electron chi connectivity index (χ2n) is 3.95. The van der Waals surface area contributed by atoms with Gasteiger partial charge < -0.3 is 15.8 Å². The van der Waals surface area contributed by atoms with E-state index in [0.29, 0.717) is 12.5 Å². The molecule has 0 fully saturated rings. The summed E-state index contributed by atoms with van der Waals surface area (Å²) in [6.07, 6.45) is 0.495. The predicted molar refractivity (Wildman–Crippen MR) is 56.9 cm³/mol. The van der Waals surface area contributed by atoms with E-state index in [4.69, 9.17) is 10.5 Å². The fourth-order valence-corrected chi connectivity index (χ4v) is 1.21. The smallest absolute Gasteiger partial charge is 0.249 e. The number of rotatable bonds is 6. The van der Waals surface area contributed by atoms with Crippen LogP contribution in [0.3, 0.4) is 0 Å². The minimum absolute atomic E-state index is 0.0556. The molecule has 4 nitrogen and oxygen atoms in total. The first-order valence-electron chi connectivity index (χ1n) is 5.04. The molecular weight excluding hydrogens is 180 g/mol. The molecule has 2 unspecified atom stereocenters. The SMILES string of the molecule is COC(C)C(=O)NC(CN)CC(C)C. The van der Waals surface area contributed by atoms with E-state index in [1.54, 1.807) is 6.92 Å². The zero-order chi connectivity index (χ0) is 11.1. The number of nitrogens with one attached hydrogen (secondary N) is 1. The van der Waals surface area contributed by atoms with E-state index in [0.717, 1.165) is 6.42 Å². The van der Waals surface area contributed by atoms with Gasteiger partial charge in [-0.2, -0.15) is 0 Å². The topological polar surface area (TPSA) is 64.3 Å². The van der Waals surface area contributed by atoms with Crippen LogP contribution in [0.15, 0.2) is 0 Å². The van der Waals surface area contributed by atoms with Gasteiger partial charge in [-0.25, -0.2) is 0 Å². The number of ether oxygens (including phenoxy) is 1. The van der Waals surface area contributed by atoms with Crippen LogP contribution in [0.4, 0.5) is 0 Å². The van der Waals surface area contributed by atoms with Crippen LogP contribution >= 0.6 is 0 Å². The summed E-state index contributed by atoms with van der Waals surface area (Å²) in [5.74, 6) is 0.435. The Kier molecular flexibility index (Phi) is 6.49. The minimum atomic E-state index is -0.406. The van der Waals surface area contributed by atoms with Crippen LogP contribution in [0.1, 0.15) is 27.2 Å². The maximum absolute atomic E-state index is 11.4. The van der Waals surface area contributed by atoms with Gasteiger partial charge in [0.1, 0.15) is 6.10 Å². The summed E-state index contributed by atoms with van der Waals surface area (Å²) >= 11 is 0. The van der Waals surface area contributed by atoms with E-state index in [9.17, 15) is 4.79 Å². The third kappa shape index (κ3) is 5.19. The highest BCUT2D eigenvalue weighted by Gasteiger charge is 2.16. The second-order valence-corrected chi connectivity index (χ2v) is 3.95. The van der Waals surface area contributed by atoms with Gasteiger partial charge in [0.2, 0.25) is 5.91 Å². The Morgan fingerprint density at radius 3 is 2.36 bits per heavy atom. The lowest BCUT2D eigenvalue weighted by molar-refractivity contribution is -0.130. The summed E-state index contributed by atoms with van der Waals surface area (Å²) in [5, 5.41) is 2.86. The first-order valence-corrected chi connectivity index (χ1v) is 5.04. The van der Waals surface area contributed by atoms with Crippen molar-refractivity contribution in [2.24, 2.45) is 11.7 Å². The van der Waals surface area contributed by atoms with Crippen LogP contribution in [-0.2, 0) is 9.53 Å². The molecule has 0 saturated heterocycles. The molecule has 3 N–H and O–H groups in total. The minimum Gasteiger partial charge on any atom is -0.372 e. The average Bonchev–Trinajstić information content (AvgIpc) is 2.14. The van der Waals surface area contributed by atoms with E-state index in [1.165, 1.54) is 7.11 Å². The lowest BCUT2D eigenvalue weighted by Gasteiger charge is -2.20. The number of hydrogen-bond donors (Lipinski definition) is 2. The summed E-state index contributed by atoms with van der Waals surface area (Å²) in [7, 11) is 1.52. The van der Waals surface area contributed by atoms with Crippen molar-refractivity contribution in [1.29, 1.82) is 0 Å². The molecule has 84 valence electrons.